The van der Waals surface area contributed by atoms with Gasteiger partial charge in [-0.1, -0.05) is 18.2 Å². The highest BCUT2D eigenvalue weighted by atomic mass is 32.2. The fraction of sp³-hybridized carbons (Fsp3) is 0.190. The van der Waals surface area contributed by atoms with Gasteiger partial charge in [-0.05, 0) is 49.4 Å². The maximum atomic E-state index is 13.3. The number of fused-ring (bicyclic) bond motifs is 3. The molecular formula is C21H19FN4O2S. The van der Waals surface area contributed by atoms with Crippen molar-refractivity contribution < 1.29 is 12.8 Å². The first-order valence-electron chi connectivity index (χ1n) is 9.42. The van der Waals surface area contributed by atoms with E-state index < -0.39 is 15.8 Å². The molecule has 1 fully saturated rings. The molecule has 5 rings (SSSR count). The first kappa shape index (κ1) is 18.1. The predicted octanol–water partition coefficient (Wildman–Crippen LogP) is 3.34. The Kier molecular flexibility index (Phi) is 4.25. The number of pyridine rings is 1. The smallest absolute Gasteiger partial charge is 0.268 e. The third kappa shape index (κ3) is 3.04. The van der Waals surface area contributed by atoms with E-state index in [1.807, 2.05) is 24.3 Å². The van der Waals surface area contributed by atoms with Crippen molar-refractivity contribution in [2.75, 3.05) is 18.4 Å². The molecule has 1 aliphatic heterocycles. The van der Waals surface area contributed by atoms with Crippen LogP contribution >= 0.6 is 0 Å². The van der Waals surface area contributed by atoms with E-state index >= 15 is 0 Å². The highest BCUT2D eigenvalue weighted by molar-refractivity contribution is 7.90. The van der Waals surface area contributed by atoms with E-state index in [1.165, 1.54) is 22.3 Å². The summed E-state index contributed by atoms with van der Waals surface area (Å²) in [7, 11) is -3.89. The van der Waals surface area contributed by atoms with Gasteiger partial charge in [0.15, 0.2) is 0 Å². The van der Waals surface area contributed by atoms with Crippen LogP contribution in [0.4, 0.5) is 10.2 Å². The highest BCUT2D eigenvalue weighted by Crippen LogP contribution is 2.33. The number of benzene rings is 2. The van der Waals surface area contributed by atoms with Crippen molar-refractivity contribution in [1.82, 2.24) is 14.3 Å². The average molecular weight is 410 g/mol. The van der Waals surface area contributed by atoms with Gasteiger partial charge in [-0.15, -0.1) is 0 Å². The molecule has 0 amide bonds. The maximum Gasteiger partial charge on any atom is 0.268 e. The summed E-state index contributed by atoms with van der Waals surface area (Å²) in [5, 5.41) is 8.25. The second-order valence-electron chi connectivity index (χ2n) is 7.14. The fourth-order valence-corrected chi connectivity index (χ4v) is 5.19. The molecule has 0 saturated carbocycles. The summed E-state index contributed by atoms with van der Waals surface area (Å²) >= 11 is 0. The summed E-state index contributed by atoms with van der Waals surface area (Å²) < 4.78 is 41.2. The molecule has 2 N–H and O–H groups in total. The Hall–Kier alpha value is -2.97. The molecule has 0 spiro atoms. The third-order valence-electron chi connectivity index (χ3n) is 5.27. The van der Waals surface area contributed by atoms with Crippen molar-refractivity contribution in [1.29, 1.82) is 0 Å². The molecule has 148 valence electrons. The molecule has 2 aromatic heterocycles. The van der Waals surface area contributed by atoms with Gasteiger partial charge >= 0.3 is 0 Å². The Bertz CT molecular complexity index is 1310. The summed E-state index contributed by atoms with van der Waals surface area (Å²) in [5.74, 6) is 0.188. The van der Waals surface area contributed by atoms with E-state index in [-0.39, 0.29) is 10.9 Å². The van der Waals surface area contributed by atoms with Crippen molar-refractivity contribution >= 4 is 37.6 Å². The first-order chi connectivity index (χ1) is 14.0. The number of nitrogens with one attached hydrogen (secondary N) is 2. The van der Waals surface area contributed by atoms with Gasteiger partial charge in [0.2, 0.25) is 0 Å². The molecule has 6 nitrogen and oxygen atoms in total. The van der Waals surface area contributed by atoms with Crippen LogP contribution in [0.25, 0.3) is 21.8 Å². The minimum Gasteiger partial charge on any atom is -0.365 e. The maximum absolute atomic E-state index is 13.3. The molecule has 1 saturated heterocycles. The number of para-hydroxylation sites is 1. The number of hydrogen-bond donors (Lipinski definition) is 2. The number of aromatic nitrogens is 2. The molecule has 0 bridgehead atoms. The van der Waals surface area contributed by atoms with Gasteiger partial charge in [0.25, 0.3) is 10.0 Å². The van der Waals surface area contributed by atoms with E-state index in [0.29, 0.717) is 16.9 Å². The summed E-state index contributed by atoms with van der Waals surface area (Å²) in [6.07, 6.45) is 2.51. The van der Waals surface area contributed by atoms with Crippen LogP contribution in [-0.2, 0) is 10.0 Å². The number of hydrogen-bond acceptors (Lipinski definition) is 5. The standard InChI is InChI=1S/C21H19FN4O2S/c22-14-5-7-16(8-6-14)29(27,28)26-12-10-18-20(26)17-3-1-2-4-19(17)25-21(18)24-15-9-11-23-13-15/h1-8,10,12,15,23H,9,11,13H2,(H,24,25). The van der Waals surface area contributed by atoms with Crippen LogP contribution < -0.4 is 10.6 Å². The number of nitrogens with zero attached hydrogens (tertiary/aromatic N) is 2. The second-order valence-corrected chi connectivity index (χ2v) is 8.96. The molecule has 0 aliphatic carbocycles. The topological polar surface area (TPSA) is 76.0 Å². The Morgan fingerprint density at radius 3 is 2.62 bits per heavy atom. The van der Waals surface area contributed by atoms with Gasteiger partial charge in [0.05, 0.1) is 15.9 Å². The van der Waals surface area contributed by atoms with E-state index in [9.17, 15) is 12.8 Å². The molecule has 29 heavy (non-hydrogen) atoms. The number of anilines is 1. The van der Waals surface area contributed by atoms with Crippen LogP contribution in [0.15, 0.2) is 65.7 Å². The Labute approximate surface area is 167 Å². The minimum atomic E-state index is -3.89. The van der Waals surface area contributed by atoms with Crippen LogP contribution in [0.3, 0.4) is 0 Å². The summed E-state index contributed by atoms with van der Waals surface area (Å²) in [6.45, 7) is 1.78. The van der Waals surface area contributed by atoms with Gasteiger partial charge in [-0.3, -0.25) is 0 Å². The van der Waals surface area contributed by atoms with E-state index in [2.05, 4.69) is 10.6 Å². The molecule has 1 atom stereocenters. The summed E-state index contributed by atoms with van der Waals surface area (Å²) in [4.78, 5) is 4.78. The molecular weight excluding hydrogens is 391 g/mol. The van der Waals surface area contributed by atoms with E-state index in [1.54, 1.807) is 6.07 Å². The Morgan fingerprint density at radius 1 is 1.07 bits per heavy atom. The van der Waals surface area contributed by atoms with Crippen LogP contribution in [0, 0.1) is 5.82 Å². The predicted molar refractivity (Wildman–Crippen MR) is 111 cm³/mol. The lowest BCUT2D eigenvalue weighted by atomic mass is 10.1. The number of halogens is 1. The van der Waals surface area contributed by atoms with E-state index in [0.717, 1.165) is 42.4 Å². The lowest BCUT2D eigenvalue weighted by Gasteiger charge is -2.15. The van der Waals surface area contributed by atoms with Gasteiger partial charge in [0.1, 0.15) is 11.6 Å². The van der Waals surface area contributed by atoms with Crippen LogP contribution in [-0.4, -0.2) is 36.5 Å². The van der Waals surface area contributed by atoms with Crippen molar-refractivity contribution in [3.8, 4) is 0 Å². The monoisotopic (exact) mass is 410 g/mol. The van der Waals surface area contributed by atoms with Crippen LogP contribution in [0.5, 0.6) is 0 Å². The van der Waals surface area contributed by atoms with Gasteiger partial charge in [0, 0.05) is 29.6 Å². The van der Waals surface area contributed by atoms with Gasteiger partial charge in [-0.2, -0.15) is 0 Å². The van der Waals surface area contributed by atoms with Crippen LogP contribution in [0.2, 0.25) is 0 Å². The fourth-order valence-electron chi connectivity index (χ4n) is 3.82. The molecule has 1 unspecified atom stereocenters. The zero-order chi connectivity index (χ0) is 20.0. The van der Waals surface area contributed by atoms with Crippen molar-refractivity contribution in [2.45, 2.75) is 17.4 Å². The first-order valence-corrected chi connectivity index (χ1v) is 10.9. The number of rotatable bonds is 4. The molecule has 4 aromatic rings. The van der Waals surface area contributed by atoms with Crippen molar-refractivity contribution in [3.05, 3.63) is 66.6 Å². The van der Waals surface area contributed by atoms with Gasteiger partial charge < -0.3 is 10.6 Å². The Balaban J connectivity index is 1.75. The quantitative estimate of drug-likeness (QED) is 0.540. The van der Waals surface area contributed by atoms with Crippen LogP contribution in [0.1, 0.15) is 6.42 Å². The molecule has 3 heterocycles. The molecule has 2 aromatic carbocycles. The SMILES string of the molecule is O=S(=O)(c1ccc(F)cc1)n1ccc2c(NC3CCNC3)nc3ccccc3c21. The lowest BCUT2D eigenvalue weighted by Crippen LogP contribution is -2.22. The molecule has 0 radical (unpaired) electrons. The van der Waals surface area contributed by atoms with Crippen molar-refractivity contribution in [2.24, 2.45) is 0 Å². The zero-order valence-corrected chi connectivity index (χ0v) is 16.3. The van der Waals surface area contributed by atoms with Crippen molar-refractivity contribution in [3.63, 3.8) is 0 Å². The third-order valence-corrected chi connectivity index (χ3v) is 6.96. The molecule has 8 heteroatoms. The summed E-state index contributed by atoms with van der Waals surface area (Å²) in [5.41, 5.74) is 1.27. The summed E-state index contributed by atoms with van der Waals surface area (Å²) in [6, 6.07) is 14.3. The highest BCUT2D eigenvalue weighted by Gasteiger charge is 2.23. The van der Waals surface area contributed by atoms with E-state index in [4.69, 9.17) is 4.98 Å². The minimum absolute atomic E-state index is 0.0341. The zero-order valence-electron chi connectivity index (χ0n) is 15.5. The Morgan fingerprint density at radius 2 is 1.86 bits per heavy atom. The lowest BCUT2D eigenvalue weighted by molar-refractivity contribution is 0.588. The van der Waals surface area contributed by atoms with Gasteiger partial charge in [-0.25, -0.2) is 21.8 Å². The normalized spacial score (nSPS) is 17.2. The second kappa shape index (κ2) is 6.82. The molecule has 1 aliphatic rings. The average Bonchev–Trinajstić information content (AvgIpc) is 3.39. The largest absolute Gasteiger partial charge is 0.365 e.